The van der Waals surface area contributed by atoms with Gasteiger partial charge in [-0.1, -0.05) is 42.8 Å². The fourth-order valence-electron chi connectivity index (χ4n) is 6.10. The summed E-state index contributed by atoms with van der Waals surface area (Å²) in [7, 11) is -9.73. The molecule has 0 amide bonds. The molecule has 5 nitrogen and oxygen atoms in total. The third-order valence-corrected chi connectivity index (χ3v) is 9.61. The van der Waals surface area contributed by atoms with Crippen molar-refractivity contribution in [2.24, 2.45) is 10.6 Å². The van der Waals surface area contributed by atoms with Gasteiger partial charge in [0, 0.05) is 18.4 Å². The zero-order chi connectivity index (χ0) is 27.3. The number of hydrogen-bond donors (Lipinski definition) is 0. The van der Waals surface area contributed by atoms with Crippen LogP contribution in [0.25, 0.3) is 11.8 Å². The third kappa shape index (κ3) is 4.31. The monoisotopic (exact) mass is 562 g/mol. The predicted molar refractivity (Wildman–Crippen MR) is 141 cm³/mol. The molecule has 2 aliphatic heterocycles. The maximum atomic E-state index is 13.3. The van der Waals surface area contributed by atoms with Crippen LogP contribution in [0.5, 0.6) is 0 Å². The van der Waals surface area contributed by atoms with Gasteiger partial charge in [0.05, 0.1) is 18.1 Å². The van der Waals surface area contributed by atoms with Gasteiger partial charge in [0.25, 0.3) is 0 Å². The predicted octanol–water partition coefficient (Wildman–Crippen LogP) is 7.89. The van der Waals surface area contributed by atoms with Gasteiger partial charge in [-0.05, 0) is 96.5 Å². The SMILES string of the molecule is Cc1cn(-c2ccc(C=C3CC4(CC4)CN4C3=NOCC4c3ccc(S(F)(F)(F)(F)F)cc3)c3c2CC3)cn1. The van der Waals surface area contributed by atoms with E-state index in [0.717, 1.165) is 66.8 Å². The molecule has 1 aromatic heterocycles. The summed E-state index contributed by atoms with van der Waals surface area (Å²) >= 11 is 0. The normalized spacial score (nSPS) is 24.2. The molecule has 1 saturated carbocycles. The maximum Gasteiger partial charge on any atom is 0.310 e. The van der Waals surface area contributed by atoms with Gasteiger partial charge in [0.15, 0.2) is 5.84 Å². The van der Waals surface area contributed by atoms with Gasteiger partial charge in [-0.2, -0.15) is 0 Å². The zero-order valence-electron chi connectivity index (χ0n) is 21.2. The summed E-state index contributed by atoms with van der Waals surface area (Å²) in [5.41, 5.74) is 7.45. The van der Waals surface area contributed by atoms with Crippen LogP contribution in [0.4, 0.5) is 19.4 Å². The molecule has 4 aliphatic rings. The fourth-order valence-corrected chi connectivity index (χ4v) is 6.75. The molecule has 7 rings (SSSR count). The van der Waals surface area contributed by atoms with Gasteiger partial charge in [0.2, 0.25) is 0 Å². The molecule has 3 heterocycles. The second-order valence-electron chi connectivity index (χ2n) is 11.3. The first-order valence-corrected chi connectivity index (χ1v) is 14.9. The Morgan fingerprint density at radius 3 is 2.36 bits per heavy atom. The molecular formula is C28H27F5N4OS. The van der Waals surface area contributed by atoms with E-state index in [-0.39, 0.29) is 12.0 Å². The van der Waals surface area contributed by atoms with Crippen molar-refractivity contribution in [2.75, 3.05) is 13.2 Å². The summed E-state index contributed by atoms with van der Waals surface area (Å²) in [6.45, 7) is 2.81. The van der Waals surface area contributed by atoms with Crippen LogP contribution in [-0.2, 0) is 17.7 Å². The Morgan fingerprint density at radius 1 is 1.00 bits per heavy atom. The van der Waals surface area contributed by atoms with E-state index in [1.165, 1.54) is 11.1 Å². The molecule has 2 aromatic carbocycles. The van der Waals surface area contributed by atoms with Crippen LogP contribution >= 0.6 is 10.2 Å². The van der Waals surface area contributed by atoms with Crippen LogP contribution in [0.3, 0.4) is 0 Å². The minimum atomic E-state index is -9.73. The average molecular weight is 563 g/mol. The number of rotatable bonds is 4. The van der Waals surface area contributed by atoms with E-state index in [1.54, 1.807) is 0 Å². The highest BCUT2D eigenvalue weighted by atomic mass is 32.5. The number of aromatic nitrogens is 2. The number of imidazole rings is 1. The molecule has 1 unspecified atom stereocenters. The Balaban J connectivity index is 1.23. The number of benzene rings is 2. The lowest BCUT2D eigenvalue weighted by Gasteiger charge is -2.44. The summed E-state index contributed by atoms with van der Waals surface area (Å²) in [6.07, 6.45) is 11.0. The van der Waals surface area contributed by atoms with Crippen molar-refractivity contribution in [3.05, 3.63) is 82.4 Å². The van der Waals surface area contributed by atoms with Crippen LogP contribution in [0, 0.1) is 12.3 Å². The standard InChI is InChI=1S/C28H27F5N4OS/c1-18-14-36(17-34-18)25-9-4-20(23-7-8-24(23)25)12-21-13-28(10-11-28)16-37-26(15-38-35-27(21)37)19-2-5-22(6-3-19)39(29,30,31,32)33/h2-6,9,12,14,17,26H,7-8,10-11,13,15-16H2,1H3. The van der Waals surface area contributed by atoms with Crippen molar-refractivity contribution >= 4 is 22.1 Å². The number of hydrogen-bond acceptors (Lipinski definition) is 4. The smallest absolute Gasteiger partial charge is 0.310 e. The number of piperidine rings is 1. The summed E-state index contributed by atoms with van der Waals surface area (Å²) in [6, 6.07) is 7.07. The van der Waals surface area contributed by atoms with Crippen LogP contribution in [-0.4, -0.2) is 33.4 Å². The van der Waals surface area contributed by atoms with Gasteiger partial charge >= 0.3 is 10.2 Å². The molecule has 11 heteroatoms. The number of amidine groups is 1. The van der Waals surface area contributed by atoms with E-state index in [2.05, 4.69) is 37.8 Å². The summed E-state index contributed by atoms with van der Waals surface area (Å²) in [5.74, 6) is 0.669. The first-order valence-electron chi connectivity index (χ1n) is 13.0. The zero-order valence-corrected chi connectivity index (χ0v) is 22.0. The van der Waals surface area contributed by atoms with Crippen molar-refractivity contribution in [1.82, 2.24) is 14.5 Å². The third-order valence-electron chi connectivity index (χ3n) is 8.44. The topological polar surface area (TPSA) is 42.7 Å². The quantitative estimate of drug-likeness (QED) is 0.304. The van der Waals surface area contributed by atoms with E-state index in [9.17, 15) is 19.4 Å². The van der Waals surface area contributed by atoms with E-state index in [1.807, 2.05) is 19.4 Å². The Labute approximate surface area is 222 Å². The van der Waals surface area contributed by atoms with Crippen molar-refractivity contribution in [1.29, 1.82) is 0 Å². The first-order chi connectivity index (χ1) is 18.3. The summed E-state index contributed by atoms with van der Waals surface area (Å²) in [4.78, 5) is 10.1. The Hall–Kier alpha value is -3.34. The van der Waals surface area contributed by atoms with Gasteiger partial charge in [0.1, 0.15) is 11.5 Å². The van der Waals surface area contributed by atoms with Gasteiger partial charge in [-0.15, -0.1) is 0 Å². The molecule has 206 valence electrons. The molecule has 0 bridgehead atoms. The highest BCUT2D eigenvalue weighted by molar-refractivity contribution is 8.45. The Morgan fingerprint density at radius 2 is 1.74 bits per heavy atom. The van der Waals surface area contributed by atoms with Crippen molar-refractivity contribution in [3.63, 3.8) is 0 Å². The lowest BCUT2D eigenvalue weighted by Crippen LogP contribution is -2.48. The molecule has 1 spiro atoms. The minimum Gasteiger partial charge on any atom is -0.392 e. The van der Waals surface area contributed by atoms with E-state index < -0.39 is 21.2 Å². The van der Waals surface area contributed by atoms with Gasteiger partial charge in [-0.25, -0.2) is 4.98 Å². The lowest BCUT2D eigenvalue weighted by molar-refractivity contribution is 0.0482. The number of fused-ring (bicyclic) bond motifs is 2. The maximum absolute atomic E-state index is 13.3. The summed E-state index contributed by atoms with van der Waals surface area (Å²) in [5, 5.41) is 4.38. The second-order valence-corrected chi connectivity index (χ2v) is 13.7. The molecule has 2 aliphatic carbocycles. The van der Waals surface area contributed by atoms with Gasteiger partial charge in [-0.3, -0.25) is 0 Å². The lowest BCUT2D eigenvalue weighted by atomic mass is 9.81. The van der Waals surface area contributed by atoms with E-state index in [0.29, 0.717) is 30.1 Å². The molecule has 1 saturated heterocycles. The molecular weight excluding hydrogens is 535 g/mol. The average Bonchev–Trinajstić information content (AvgIpc) is 3.43. The minimum absolute atomic E-state index is 0.0889. The van der Waals surface area contributed by atoms with Crippen molar-refractivity contribution in [3.8, 4) is 5.69 Å². The molecule has 0 N–H and O–H groups in total. The molecule has 39 heavy (non-hydrogen) atoms. The van der Waals surface area contributed by atoms with Crippen molar-refractivity contribution < 1.29 is 24.3 Å². The highest BCUT2D eigenvalue weighted by Crippen LogP contribution is 3.02. The van der Waals surface area contributed by atoms with E-state index >= 15 is 0 Å². The second kappa shape index (κ2) is 7.44. The molecule has 1 atom stereocenters. The summed E-state index contributed by atoms with van der Waals surface area (Å²) < 4.78 is 68.5. The van der Waals surface area contributed by atoms with Crippen LogP contribution in [0.2, 0.25) is 0 Å². The number of oxime groups is 1. The molecule has 2 fully saturated rings. The van der Waals surface area contributed by atoms with E-state index in [4.69, 9.17) is 4.84 Å². The molecule has 3 aromatic rings. The van der Waals surface area contributed by atoms with Crippen LogP contribution in [0.1, 0.15) is 53.3 Å². The number of halogens is 5. The molecule has 0 radical (unpaired) electrons. The highest BCUT2D eigenvalue weighted by Gasteiger charge is 2.65. The van der Waals surface area contributed by atoms with Crippen molar-refractivity contribution in [2.45, 2.75) is 50.0 Å². The Kier molecular flexibility index (Phi) is 4.71. The largest absolute Gasteiger partial charge is 0.392 e. The van der Waals surface area contributed by atoms with Crippen LogP contribution < -0.4 is 0 Å². The van der Waals surface area contributed by atoms with Gasteiger partial charge < -0.3 is 14.3 Å². The number of nitrogens with zero attached hydrogens (tertiary/aromatic N) is 4. The Bertz CT molecular complexity index is 1570. The fraction of sp³-hybridized carbons (Fsp3) is 0.357. The number of aryl methyl sites for hydroxylation is 1. The van der Waals surface area contributed by atoms with Crippen LogP contribution in [0.15, 0.2) is 64.5 Å². The first kappa shape index (κ1) is 24.7.